The molecule has 130 valence electrons. The van der Waals surface area contributed by atoms with Crippen LogP contribution in [0.15, 0.2) is 29.3 Å². The third-order valence-electron chi connectivity index (χ3n) is 3.61. The number of carbonyl (C=O) groups excluding carboxylic acids is 1. The molecule has 0 radical (unpaired) electrons. The maximum absolute atomic E-state index is 12.3. The molecule has 0 amide bonds. The molecule has 0 aliphatic rings. The molecule has 0 saturated heterocycles. The van der Waals surface area contributed by atoms with E-state index >= 15 is 0 Å². The lowest BCUT2D eigenvalue weighted by atomic mass is 10.0. The second-order valence-corrected chi connectivity index (χ2v) is 6.09. The van der Waals surface area contributed by atoms with Crippen LogP contribution in [0.4, 0.5) is 11.5 Å². The topological polar surface area (TPSA) is 147 Å². The second-order valence-electron chi connectivity index (χ2n) is 5.12. The van der Waals surface area contributed by atoms with Crippen molar-refractivity contribution in [1.82, 2.24) is 4.98 Å². The Morgan fingerprint density at radius 1 is 1.27 bits per heavy atom. The summed E-state index contributed by atoms with van der Waals surface area (Å²) in [5.41, 5.74) is 6.93. The zero-order valence-electron chi connectivity index (χ0n) is 13.7. The van der Waals surface area contributed by atoms with E-state index in [4.69, 9.17) is 5.73 Å². The number of nitro benzene ring substituents is 1. The second kappa shape index (κ2) is 8.10. The number of non-ortho nitro benzene ring substituents is 1. The molecule has 8 nitrogen and oxygen atoms in total. The third kappa shape index (κ3) is 3.79. The van der Waals surface area contributed by atoms with Crippen molar-refractivity contribution in [2.75, 3.05) is 11.5 Å². The van der Waals surface area contributed by atoms with E-state index in [9.17, 15) is 25.4 Å². The number of hydrogen-bond acceptors (Lipinski definition) is 8. The summed E-state index contributed by atoms with van der Waals surface area (Å²) >= 11 is 1.04. The lowest BCUT2D eigenvalue weighted by Crippen LogP contribution is -2.07. The number of nitro groups is 1. The largest absolute Gasteiger partial charge is 0.383 e. The van der Waals surface area contributed by atoms with Crippen LogP contribution in [0.5, 0.6) is 0 Å². The van der Waals surface area contributed by atoms with Crippen molar-refractivity contribution in [3.05, 3.63) is 56.6 Å². The molecule has 0 aliphatic carbocycles. The van der Waals surface area contributed by atoms with E-state index in [1.54, 1.807) is 6.92 Å². The van der Waals surface area contributed by atoms with Gasteiger partial charge in [-0.3, -0.25) is 14.9 Å². The number of pyridine rings is 1. The van der Waals surface area contributed by atoms with Gasteiger partial charge in [0, 0.05) is 17.7 Å². The van der Waals surface area contributed by atoms with Crippen LogP contribution in [0.2, 0.25) is 0 Å². The highest BCUT2D eigenvalue weighted by Crippen LogP contribution is 2.29. The number of nitrogens with two attached hydrogens (primary N) is 1. The first kappa shape index (κ1) is 18.9. The number of nitrogen functional groups attached to an aromatic ring is 1. The molecule has 1 heterocycles. The van der Waals surface area contributed by atoms with Crippen molar-refractivity contribution >= 4 is 29.1 Å². The molecule has 0 atom stereocenters. The summed E-state index contributed by atoms with van der Waals surface area (Å²) in [5, 5.41) is 29.5. The maximum atomic E-state index is 12.3. The van der Waals surface area contributed by atoms with E-state index in [1.807, 2.05) is 12.1 Å². The fourth-order valence-corrected chi connectivity index (χ4v) is 3.22. The van der Waals surface area contributed by atoms with Crippen LogP contribution in [0.3, 0.4) is 0 Å². The number of aromatic nitrogens is 1. The zero-order valence-corrected chi connectivity index (χ0v) is 14.5. The van der Waals surface area contributed by atoms with Crippen molar-refractivity contribution < 1.29 is 9.72 Å². The fourth-order valence-electron chi connectivity index (χ4n) is 2.31. The quantitative estimate of drug-likeness (QED) is 0.355. The summed E-state index contributed by atoms with van der Waals surface area (Å²) in [5.74, 6) is -0.265. The first-order valence-corrected chi connectivity index (χ1v) is 8.44. The summed E-state index contributed by atoms with van der Waals surface area (Å²) in [6.07, 6.45) is 0.433. The van der Waals surface area contributed by atoms with Gasteiger partial charge >= 0.3 is 0 Å². The average molecular weight is 367 g/mol. The van der Waals surface area contributed by atoms with Gasteiger partial charge in [-0.1, -0.05) is 18.7 Å². The van der Waals surface area contributed by atoms with Gasteiger partial charge in [0.05, 0.1) is 21.8 Å². The minimum Gasteiger partial charge on any atom is -0.383 e. The lowest BCUT2D eigenvalue weighted by molar-refractivity contribution is -0.384. The molecule has 2 rings (SSSR count). The van der Waals surface area contributed by atoms with Crippen LogP contribution >= 0.6 is 11.8 Å². The number of ketones is 1. The Morgan fingerprint density at radius 3 is 2.38 bits per heavy atom. The minimum absolute atomic E-state index is 0.0199. The van der Waals surface area contributed by atoms with E-state index in [0.717, 1.165) is 11.8 Å². The summed E-state index contributed by atoms with van der Waals surface area (Å²) in [7, 11) is 0. The first-order chi connectivity index (χ1) is 12.4. The van der Waals surface area contributed by atoms with Crippen LogP contribution in [-0.4, -0.2) is 21.4 Å². The Bertz CT molecular complexity index is 958. The summed E-state index contributed by atoms with van der Waals surface area (Å²) in [6.45, 7) is 1.80. The monoisotopic (exact) mass is 367 g/mol. The summed E-state index contributed by atoms with van der Waals surface area (Å²) in [6, 6.07) is 9.25. The molecular formula is C17H13N5O3S. The molecule has 1 aromatic heterocycles. The number of benzene rings is 1. The highest BCUT2D eigenvalue weighted by atomic mass is 32.2. The lowest BCUT2D eigenvalue weighted by Gasteiger charge is -2.10. The van der Waals surface area contributed by atoms with Crippen LogP contribution < -0.4 is 5.73 Å². The molecular weight excluding hydrogens is 354 g/mol. The molecule has 0 fully saturated rings. The first-order valence-electron chi connectivity index (χ1n) is 7.45. The Hall–Kier alpha value is -3.43. The van der Waals surface area contributed by atoms with Crippen molar-refractivity contribution in [3.8, 4) is 12.1 Å². The van der Waals surface area contributed by atoms with Gasteiger partial charge in [-0.15, -0.1) is 0 Å². The molecule has 0 spiro atoms. The Balaban J connectivity index is 2.25. The van der Waals surface area contributed by atoms with Crippen molar-refractivity contribution in [2.24, 2.45) is 0 Å². The Labute approximate surface area is 153 Å². The van der Waals surface area contributed by atoms with E-state index in [-0.39, 0.29) is 39.2 Å². The number of Topliss-reactive ketones (excluding diaryl/α,β-unsaturated/α-hetero) is 1. The summed E-state index contributed by atoms with van der Waals surface area (Å²) < 4.78 is 0. The minimum atomic E-state index is -0.544. The van der Waals surface area contributed by atoms with Gasteiger partial charge in [-0.25, -0.2) is 4.98 Å². The van der Waals surface area contributed by atoms with Gasteiger partial charge in [-0.05, 0) is 24.1 Å². The number of anilines is 1. The van der Waals surface area contributed by atoms with Gasteiger partial charge in [0.25, 0.3) is 5.69 Å². The molecule has 0 unspecified atom stereocenters. The van der Waals surface area contributed by atoms with Gasteiger partial charge in [0.15, 0.2) is 5.78 Å². The van der Waals surface area contributed by atoms with E-state index in [1.165, 1.54) is 24.3 Å². The standard InChI is InChI=1S/C17H13N5O3S/c1-2-12-13(7-18)16(20)21-17(14(12)8-19)26-9-15(23)10-3-5-11(6-4-10)22(24)25/h3-6H,2,9H2,1H3,(H2,20,21). The number of carbonyl (C=O) groups is 1. The Morgan fingerprint density at radius 2 is 1.88 bits per heavy atom. The Kier molecular flexibility index (Phi) is 5.89. The van der Waals surface area contributed by atoms with Crippen LogP contribution in [0.1, 0.15) is 34.0 Å². The normalized spacial score (nSPS) is 9.96. The highest BCUT2D eigenvalue weighted by Gasteiger charge is 2.19. The number of nitrogens with zero attached hydrogens (tertiary/aromatic N) is 4. The molecule has 2 aromatic rings. The van der Waals surface area contributed by atoms with Gasteiger partial charge in [-0.2, -0.15) is 10.5 Å². The van der Waals surface area contributed by atoms with Crippen LogP contribution in [0.25, 0.3) is 0 Å². The van der Waals surface area contributed by atoms with E-state index in [2.05, 4.69) is 4.98 Å². The number of nitriles is 2. The predicted octanol–water partition coefficient (Wildman–Crippen LogP) is 2.85. The molecule has 9 heteroatoms. The molecule has 1 aromatic carbocycles. The van der Waals surface area contributed by atoms with Crippen molar-refractivity contribution in [1.29, 1.82) is 10.5 Å². The van der Waals surface area contributed by atoms with Crippen molar-refractivity contribution in [2.45, 2.75) is 18.4 Å². The highest BCUT2D eigenvalue weighted by molar-refractivity contribution is 8.00. The van der Waals surface area contributed by atoms with E-state index < -0.39 is 4.92 Å². The fraction of sp³-hybridized carbons (Fsp3) is 0.176. The van der Waals surface area contributed by atoms with Gasteiger partial charge < -0.3 is 5.73 Å². The molecule has 0 saturated carbocycles. The van der Waals surface area contributed by atoms with Crippen LogP contribution in [0, 0.1) is 32.8 Å². The third-order valence-corrected chi connectivity index (χ3v) is 4.59. The summed E-state index contributed by atoms with van der Waals surface area (Å²) in [4.78, 5) is 26.5. The number of rotatable bonds is 6. The van der Waals surface area contributed by atoms with Crippen molar-refractivity contribution in [3.63, 3.8) is 0 Å². The van der Waals surface area contributed by atoms with Crippen LogP contribution in [-0.2, 0) is 6.42 Å². The number of thioether (sulfide) groups is 1. The number of hydrogen-bond donors (Lipinski definition) is 1. The maximum Gasteiger partial charge on any atom is 0.269 e. The smallest absolute Gasteiger partial charge is 0.269 e. The molecule has 2 N–H and O–H groups in total. The average Bonchev–Trinajstić information content (AvgIpc) is 2.65. The van der Waals surface area contributed by atoms with Gasteiger partial charge in [0.1, 0.15) is 23.0 Å². The predicted molar refractivity (Wildman–Crippen MR) is 95.6 cm³/mol. The van der Waals surface area contributed by atoms with Gasteiger partial charge in [0.2, 0.25) is 0 Å². The zero-order chi connectivity index (χ0) is 19.3. The van der Waals surface area contributed by atoms with E-state index in [0.29, 0.717) is 17.5 Å². The SMILES string of the molecule is CCc1c(C#N)c(N)nc(SCC(=O)c2ccc([N+](=O)[O-])cc2)c1C#N. The molecule has 0 bridgehead atoms. The molecule has 26 heavy (non-hydrogen) atoms. The molecule has 0 aliphatic heterocycles.